The zero-order valence-electron chi connectivity index (χ0n) is 17.8. The molecule has 6 heteroatoms. The van der Waals surface area contributed by atoms with Gasteiger partial charge in [0, 0.05) is 30.5 Å². The molecule has 3 heterocycles. The number of hydrogen-bond donors (Lipinski definition) is 0. The van der Waals surface area contributed by atoms with Gasteiger partial charge in [0.25, 0.3) is 5.56 Å². The Hall–Kier alpha value is -2.31. The first-order valence-electron chi connectivity index (χ1n) is 10.6. The van der Waals surface area contributed by atoms with Gasteiger partial charge in [-0.25, -0.2) is 4.58 Å². The van der Waals surface area contributed by atoms with Crippen LogP contribution in [0.1, 0.15) is 26.3 Å². The summed E-state index contributed by atoms with van der Waals surface area (Å²) in [6.45, 7) is 10.1. The van der Waals surface area contributed by atoms with Crippen LogP contribution in [0.4, 0.5) is 5.69 Å². The molecule has 4 nitrogen and oxygen atoms in total. The number of para-hydroxylation sites is 1. The zero-order valence-corrected chi connectivity index (χ0v) is 19.4. The van der Waals surface area contributed by atoms with Crippen molar-refractivity contribution in [3.63, 3.8) is 0 Å². The summed E-state index contributed by atoms with van der Waals surface area (Å²) in [5, 5.41) is 1.27. The monoisotopic (exact) mass is 438 g/mol. The summed E-state index contributed by atoms with van der Waals surface area (Å²) in [5.74, 6) is 1.12. The lowest BCUT2D eigenvalue weighted by Gasteiger charge is -2.26. The normalized spacial score (nSPS) is 18.8. The van der Waals surface area contributed by atoms with Crippen molar-refractivity contribution in [3.8, 4) is 0 Å². The molecule has 0 bridgehead atoms. The Bertz CT molecular complexity index is 1210. The largest absolute Gasteiger partial charge is 0.348 e. The molecular formula is C24H28N3OS2+. The van der Waals surface area contributed by atoms with E-state index in [1.165, 1.54) is 16.3 Å². The van der Waals surface area contributed by atoms with Crippen LogP contribution in [0.25, 0.3) is 17.7 Å². The van der Waals surface area contributed by atoms with Crippen molar-refractivity contribution in [2.45, 2.75) is 27.3 Å². The number of anilines is 1. The van der Waals surface area contributed by atoms with Gasteiger partial charge in [0.1, 0.15) is 11.2 Å². The Balaban J connectivity index is 1.79. The Labute approximate surface area is 185 Å². The van der Waals surface area contributed by atoms with Crippen molar-refractivity contribution in [2.24, 2.45) is 0 Å². The summed E-state index contributed by atoms with van der Waals surface area (Å²) in [6, 6.07) is 8.43. The van der Waals surface area contributed by atoms with Crippen molar-refractivity contribution >= 4 is 51.6 Å². The first-order valence-corrected chi connectivity index (χ1v) is 12.4. The van der Waals surface area contributed by atoms with Crippen LogP contribution in [0.2, 0.25) is 0 Å². The number of aromatic nitrogens is 1. The van der Waals surface area contributed by atoms with E-state index in [1.54, 1.807) is 11.3 Å². The summed E-state index contributed by atoms with van der Waals surface area (Å²) in [7, 11) is 0. The first kappa shape index (κ1) is 20.9. The van der Waals surface area contributed by atoms with Gasteiger partial charge in [-0.1, -0.05) is 36.0 Å². The Morgan fingerprint density at radius 3 is 2.73 bits per heavy atom. The fraction of sp³-hybridized carbons (Fsp3) is 0.333. The molecule has 1 aromatic heterocycles. The van der Waals surface area contributed by atoms with Crippen LogP contribution in [0.5, 0.6) is 0 Å². The lowest BCUT2D eigenvalue weighted by atomic mass is 9.99. The lowest BCUT2D eigenvalue weighted by molar-refractivity contribution is -0.512. The molecule has 0 spiro atoms. The quantitative estimate of drug-likeness (QED) is 0.672. The van der Waals surface area contributed by atoms with E-state index >= 15 is 0 Å². The van der Waals surface area contributed by atoms with E-state index in [1.807, 2.05) is 29.3 Å². The highest BCUT2D eigenvalue weighted by Gasteiger charge is 2.20. The second-order valence-corrected chi connectivity index (χ2v) is 9.35. The molecule has 4 rings (SSSR count). The average Bonchev–Trinajstić information content (AvgIpc) is 3.35. The lowest BCUT2D eigenvalue weighted by Crippen LogP contribution is -2.31. The zero-order chi connectivity index (χ0) is 21.1. The molecule has 156 valence electrons. The SMILES string of the molecule is CCN1C=C/C(=C\C=c2sc(=CC3=[N+](CC)CCS3)n(CC)c2=O)c2ccccc21. The Morgan fingerprint density at radius 1 is 1.13 bits per heavy atom. The summed E-state index contributed by atoms with van der Waals surface area (Å²) < 4.78 is 6.08. The number of hydrogen-bond acceptors (Lipinski definition) is 4. The molecule has 0 saturated heterocycles. The van der Waals surface area contributed by atoms with Crippen molar-refractivity contribution in [3.05, 3.63) is 67.7 Å². The van der Waals surface area contributed by atoms with Crippen LogP contribution in [0, 0.1) is 0 Å². The maximum Gasteiger partial charge on any atom is 0.269 e. The van der Waals surface area contributed by atoms with Gasteiger partial charge >= 0.3 is 0 Å². The topological polar surface area (TPSA) is 28.2 Å². The van der Waals surface area contributed by atoms with Gasteiger partial charge in [0.05, 0.1) is 16.4 Å². The molecule has 2 aliphatic rings. The average molecular weight is 439 g/mol. The highest BCUT2D eigenvalue weighted by atomic mass is 32.2. The fourth-order valence-electron chi connectivity index (χ4n) is 3.87. The van der Waals surface area contributed by atoms with Crippen molar-refractivity contribution < 1.29 is 4.58 Å². The summed E-state index contributed by atoms with van der Waals surface area (Å²) in [6.07, 6.45) is 10.5. The van der Waals surface area contributed by atoms with Gasteiger partial charge in [-0.15, -0.1) is 11.3 Å². The minimum atomic E-state index is 0.0977. The standard InChI is InChI=1S/C24H28N3OS2/c1-4-25-14-13-18(19-9-7-8-10-20(19)25)11-12-21-24(28)27(6-3)23(30-21)17-22-26(5-2)15-16-29-22/h7-14,17H,4-6,15-16H2,1-3H3/q+1/b18-11+,21-12?. The van der Waals surface area contributed by atoms with Crippen molar-refractivity contribution in [1.29, 1.82) is 0 Å². The number of nitrogens with zero attached hydrogens (tertiary/aromatic N) is 3. The van der Waals surface area contributed by atoms with E-state index in [2.05, 4.69) is 72.0 Å². The number of fused-ring (bicyclic) bond motifs is 1. The molecule has 0 aliphatic carbocycles. The second kappa shape index (κ2) is 9.23. The van der Waals surface area contributed by atoms with Gasteiger partial charge in [0.2, 0.25) is 5.04 Å². The Morgan fingerprint density at radius 2 is 1.97 bits per heavy atom. The predicted molar refractivity (Wildman–Crippen MR) is 132 cm³/mol. The molecule has 0 N–H and O–H groups in total. The molecule has 0 unspecified atom stereocenters. The van der Waals surface area contributed by atoms with Gasteiger partial charge < -0.3 is 4.90 Å². The number of thioether (sulfide) groups is 1. The van der Waals surface area contributed by atoms with Gasteiger partial charge in [-0.05, 0) is 44.6 Å². The molecule has 2 aromatic rings. The van der Waals surface area contributed by atoms with Crippen molar-refractivity contribution in [2.75, 3.05) is 30.3 Å². The minimum Gasteiger partial charge on any atom is -0.348 e. The van der Waals surface area contributed by atoms with E-state index in [9.17, 15) is 4.79 Å². The maximum atomic E-state index is 13.0. The van der Waals surface area contributed by atoms with E-state index in [0.717, 1.165) is 40.2 Å². The number of allylic oxidation sites excluding steroid dienone is 3. The van der Waals surface area contributed by atoms with Crippen LogP contribution in [0.15, 0.2) is 47.4 Å². The van der Waals surface area contributed by atoms with Gasteiger partial charge in [0.15, 0.2) is 6.54 Å². The summed E-state index contributed by atoms with van der Waals surface area (Å²) in [5.41, 5.74) is 3.64. The molecular weight excluding hydrogens is 410 g/mol. The molecule has 1 aromatic carbocycles. The maximum absolute atomic E-state index is 13.0. The van der Waals surface area contributed by atoms with Crippen LogP contribution in [-0.4, -0.2) is 39.6 Å². The summed E-state index contributed by atoms with van der Waals surface area (Å²) in [4.78, 5) is 15.2. The number of benzene rings is 1. The van der Waals surface area contributed by atoms with E-state index in [-0.39, 0.29) is 5.56 Å². The number of thiazole rings is 1. The second-order valence-electron chi connectivity index (χ2n) is 7.17. The predicted octanol–water partition coefficient (Wildman–Crippen LogP) is 3.11. The molecule has 0 atom stereocenters. The van der Waals surface area contributed by atoms with E-state index < -0.39 is 0 Å². The summed E-state index contributed by atoms with van der Waals surface area (Å²) >= 11 is 3.46. The minimum absolute atomic E-state index is 0.0977. The third-order valence-corrected chi connectivity index (χ3v) is 7.65. The highest BCUT2D eigenvalue weighted by Crippen LogP contribution is 2.32. The van der Waals surface area contributed by atoms with Gasteiger partial charge in [-0.2, -0.15) is 0 Å². The molecule has 0 radical (unpaired) electrons. The third kappa shape index (κ3) is 3.98. The molecule has 0 amide bonds. The van der Waals surface area contributed by atoms with Crippen LogP contribution < -0.4 is 19.7 Å². The van der Waals surface area contributed by atoms with E-state index in [4.69, 9.17) is 0 Å². The fourth-order valence-corrected chi connectivity index (χ4v) is 6.11. The smallest absolute Gasteiger partial charge is 0.269 e. The van der Waals surface area contributed by atoms with Crippen LogP contribution in [0.3, 0.4) is 0 Å². The third-order valence-electron chi connectivity index (χ3n) is 5.52. The highest BCUT2D eigenvalue weighted by molar-refractivity contribution is 8.14. The first-order chi connectivity index (χ1) is 14.7. The van der Waals surface area contributed by atoms with Crippen molar-refractivity contribution in [1.82, 2.24) is 4.57 Å². The van der Waals surface area contributed by atoms with Crippen LogP contribution in [-0.2, 0) is 6.54 Å². The van der Waals surface area contributed by atoms with Gasteiger partial charge in [-0.3, -0.25) is 9.36 Å². The molecule has 0 fully saturated rings. The molecule has 30 heavy (non-hydrogen) atoms. The molecule has 2 aliphatic heterocycles. The molecule has 0 saturated carbocycles. The number of rotatable bonds is 5. The Kier molecular flexibility index (Phi) is 6.44. The van der Waals surface area contributed by atoms with Crippen LogP contribution >= 0.6 is 23.1 Å². The van der Waals surface area contributed by atoms with E-state index in [0.29, 0.717) is 6.54 Å².